The van der Waals surface area contributed by atoms with Crippen LogP contribution in [-0.4, -0.2) is 18.5 Å². The Hall–Kier alpha value is -1.79. The number of sulfonamides is 1. The van der Waals surface area contributed by atoms with Crippen LogP contribution in [0.5, 0.6) is 5.75 Å². The van der Waals surface area contributed by atoms with Gasteiger partial charge >= 0.3 is 0 Å². The first-order valence-electron chi connectivity index (χ1n) is 4.91. The van der Waals surface area contributed by atoms with Crippen LogP contribution < -0.4 is 4.72 Å². The van der Waals surface area contributed by atoms with Gasteiger partial charge in [0.05, 0.1) is 5.69 Å². The Kier molecular flexibility index (Phi) is 3.40. The van der Waals surface area contributed by atoms with E-state index in [1.54, 1.807) is 0 Å². The van der Waals surface area contributed by atoms with E-state index in [2.05, 4.69) is 9.71 Å². The minimum atomic E-state index is -3.82. The van der Waals surface area contributed by atoms with Gasteiger partial charge < -0.3 is 5.11 Å². The number of anilines is 1. The number of nitrogens with one attached hydrogen (secondary N) is 1. The zero-order chi connectivity index (χ0) is 13.2. The molecule has 18 heavy (non-hydrogen) atoms. The number of nitrogens with zero attached hydrogens (tertiary/aromatic N) is 1. The number of aromatic hydroxyl groups is 1. The number of phenolic OH excluding ortho intramolecular Hbond substituents is 1. The molecule has 1 aromatic heterocycles. The summed E-state index contributed by atoms with van der Waals surface area (Å²) < 4.78 is 26.3. The van der Waals surface area contributed by atoms with Gasteiger partial charge in [-0.05, 0) is 24.3 Å². The van der Waals surface area contributed by atoms with Gasteiger partial charge in [0.2, 0.25) is 0 Å². The zero-order valence-corrected chi connectivity index (χ0v) is 10.6. The first-order valence-corrected chi connectivity index (χ1v) is 6.77. The van der Waals surface area contributed by atoms with E-state index in [1.807, 2.05) is 0 Å². The van der Waals surface area contributed by atoms with Crippen molar-refractivity contribution in [3.63, 3.8) is 0 Å². The van der Waals surface area contributed by atoms with E-state index in [-0.39, 0.29) is 21.5 Å². The lowest BCUT2D eigenvalue weighted by atomic mass is 10.3. The maximum absolute atomic E-state index is 12.0. The largest absolute Gasteiger partial charge is 0.508 e. The lowest BCUT2D eigenvalue weighted by Crippen LogP contribution is -2.13. The summed E-state index contributed by atoms with van der Waals surface area (Å²) in [7, 11) is -3.82. The van der Waals surface area contributed by atoms with E-state index >= 15 is 0 Å². The Morgan fingerprint density at radius 2 is 2.00 bits per heavy atom. The average Bonchev–Trinajstić information content (AvgIpc) is 2.28. The number of rotatable bonds is 3. The third kappa shape index (κ3) is 2.72. The number of benzene rings is 1. The molecule has 0 amide bonds. The van der Waals surface area contributed by atoms with Crippen molar-refractivity contribution in [2.24, 2.45) is 0 Å². The van der Waals surface area contributed by atoms with E-state index in [0.717, 1.165) is 0 Å². The Balaban J connectivity index is 2.37. The number of aromatic nitrogens is 1. The quantitative estimate of drug-likeness (QED) is 0.847. The highest BCUT2D eigenvalue weighted by Gasteiger charge is 2.18. The van der Waals surface area contributed by atoms with Crippen LogP contribution in [0.1, 0.15) is 0 Å². The molecule has 94 valence electrons. The van der Waals surface area contributed by atoms with Crippen molar-refractivity contribution in [1.29, 1.82) is 0 Å². The second-order valence-corrected chi connectivity index (χ2v) is 5.46. The summed E-state index contributed by atoms with van der Waals surface area (Å²) in [6, 6.07) is 8.60. The van der Waals surface area contributed by atoms with Crippen LogP contribution in [0.25, 0.3) is 0 Å². The van der Waals surface area contributed by atoms with Gasteiger partial charge in [0.15, 0.2) is 0 Å². The van der Waals surface area contributed by atoms with Gasteiger partial charge in [0, 0.05) is 12.3 Å². The molecule has 0 unspecified atom stereocenters. The van der Waals surface area contributed by atoms with Crippen LogP contribution in [0.3, 0.4) is 0 Å². The fourth-order valence-corrected chi connectivity index (χ4v) is 2.85. The fourth-order valence-electron chi connectivity index (χ4n) is 1.35. The van der Waals surface area contributed by atoms with E-state index in [9.17, 15) is 13.5 Å². The van der Waals surface area contributed by atoms with Gasteiger partial charge in [-0.1, -0.05) is 17.7 Å². The summed E-state index contributed by atoms with van der Waals surface area (Å²) in [6.45, 7) is 0. The number of phenols is 1. The molecule has 0 aliphatic rings. The topological polar surface area (TPSA) is 79.3 Å². The predicted octanol–water partition coefficient (Wildman–Crippen LogP) is 2.24. The van der Waals surface area contributed by atoms with Crippen LogP contribution in [0.4, 0.5) is 5.69 Å². The zero-order valence-electron chi connectivity index (χ0n) is 9.04. The standard InChI is InChI=1S/C11H9ClN2O3S/c12-11-10(5-2-6-13-11)18(16,17)14-8-3-1-4-9(15)7-8/h1-7,14-15H. The maximum atomic E-state index is 12.0. The summed E-state index contributed by atoms with van der Waals surface area (Å²) in [5, 5.41) is 9.16. The first kappa shape index (κ1) is 12.7. The van der Waals surface area contributed by atoms with Crippen molar-refractivity contribution >= 4 is 27.3 Å². The van der Waals surface area contributed by atoms with Crippen molar-refractivity contribution in [2.75, 3.05) is 4.72 Å². The molecule has 0 saturated carbocycles. The lowest BCUT2D eigenvalue weighted by Gasteiger charge is -2.08. The van der Waals surface area contributed by atoms with Crippen molar-refractivity contribution in [3.8, 4) is 5.75 Å². The molecular formula is C11H9ClN2O3S. The molecule has 5 nitrogen and oxygen atoms in total. The summed E-state index contributed by atoms with van der Waals surface area (Å²) in [6.07, 6.45) is 1.40. The van der Waals surface area contributed by atoms with Crippen molar-refractivity contribution in [1.82, 2.24) is 4.98 Å². The van der Waals surface area contributed by atoms with Crippen molar-refractivity contribution < 1.29 is 13.5 Å². The highest BCUT2D eigenvalue weighted by atomic mass is 35.5. The molecule has 2 rings (SSSR count). The molecule has 2 aromatic rings. The molecule has 1 aromatic carbocycles. The van der Waals surface area contributed by atoms with Crippen LogP contribution in [-0.2, 0) is 10.0 Å². The molecule has 0 spiro atoms. The lowest BCUT2D eigenvalue weighted by molar-refractivity contribution is 0.475. The normalized spacial score (nSPS) is 11.2. The number of pyridine rings is 1. The SMILES string of the molecule is O=S(=O)(Nc1cccc(O)c1)c1cccnc1Cl. The predicted molar refractivity (Wildman–Crippen MR) is 68.2 cm³/mol. The summed E-state index contributed by atoms with van der Waals surface area (Å²) in [5.74, 6) is -0.0347. The van der Waals surface area contributed by atoms with Gasteiger partial charge in [-0.15, -0.1) is 0 Å². The van der Waals surface area contributed by atoms with Gasteiger partial charge in [0.1, 0.15) is 15.8 Å². The molecule has 0 bridgehead atoms. The number of hydrogen-bond donors (Lipinski definition) is 2. The Bertz CT molecular complexity index is 673. The number of hydrogen-bond acceptors (Lipinski definition) is 4. The molecule has 7 heteroatoms. The molecule has 0 atom stereocenters. The van der Waals surface area contributed by atoms with Crippen LogP contribution in [0.2, 0.25) is 5.15 Å². The number of halogens is 1. The van der Waals surface area contributed by atoms with Gasteiger partial charge in [-0.25, -0.2) is 13.4 Å². The van der Waals surface area contributed by atoms with Gasteiger partial charge in [-0.2, -0.15) is 0 Å². The average molecular weight is 285 g/mol. The third-order valence-corrected chi connectivity index (χ3v) is 3.94. The van der Waals surface area contributed by atoms with Gasteiger partial charge in [0.25, 0.3) is 10.0 Å². The molecule has 0 fully saturated rings. The van der Waals surface area contributed by atoms with Crippen molar-refractivity contribution in [3.05, 3.63) is 47.7 Å². The Morgan fingerprint density at radius 3 is 2.67 bits per heavy atom. The van der Waals surface area contributed by atoms with Crippen LogP contribution in [0, 0.1) is 0 Å². The van der Waals surface area contributed by atoms with E-state index in [0.29, 0.717) is 0 Å². The second-order valence-electron chi connectivity index (χ2n) is 3.45. The summed E-state index contributed by atoms with van der Waals surface area (Å²) >= 11 is 5.73. The summed E-state index contributed by atoms with van der Waals surface area (Å²) in [4.78, 5) is 3.59. The Labute approximate surface area is 109 Å². The maximum Gasteiger partial charge on any atom is 0.264 e. The van der Waals surface area contributed by atoms with Crippen molar-refractivity contribution in [2.45, 2.75) is 4.90 Å². The smallest absolute Gasteiger partial charge is 0.264 e. The van der Waals surface area contributed by atoms with E-state index < -0.39 is 10.0 Å². The monoisotopic (exact) mass is 284 g/mol. The highest BCUT2D eigenvalue weighted by Crippen LogP contribution is 2.23. The minimum Gasteiger partial charge on any atom is -0.508 e. The third-order valence-electron chi connectivity index (χ3n) is 2.11. The van der Waals surface area contributed by atoms with E-state index in [1.165, 1.54) is 42.6 Å². The molecule has 2 N–H and O–H groups in total. The van der Waals surface area contributed by atoms with Crippen LogP contribution >= 0.6 is 11.6 Å². The highest BCUT2D eigenvalue weighted by molar-refractivity contribution is 7.92. The van der Waals surface area contributed by atoms with Gasteiger partial charge in [-0.3, -0.25) is 4.72 Å². The molecular weight excluding hydrogens is 276 g/mol. The first-order chi connectivity index (χ1) is 8.49. The second kappa shape index (κ2) is 4.83. The molecule has 0 aliphatic heterocycles. The van der Waals surface area contributed by atoms with E-state index in [4.69, 9.17) is 11.6 Å². The Morgan fingerprint density at radius 1 is 1.22 bits per heavy atom. The summed E-state index contributed by atoms with van der Waals surface area (Å²) in [5.41, 5.74) is 0.245. The molecule has 1 heterocycles. The molecule has 0 radical (unpaired) electrons. The minimum absolute atomic E-state index is 0.0347. The fraction of sp³-hybridized carbons (Fsp3) is 0. The molecule has 0 saturated heterocycles. The van der Waals surface area contributed by atoms with Crippen LogP contribution in [0.15, 0.2) is 47.5 Å². The molecule has 0 aliphatic carbocycles.